The van der Waals surface area contributed by atoms with Gasteiger partial charge in [-0.3, -0.25) is 0 Å². The SMILES string of the molecule is COCc1ccc(CNC2CC=CC2)cc1. The summed E-state index contributed by atoms with van der Waals surface area (Å²) in [4.78, 5) is 0. The molecule has 0 bridgehead atoms. The Bertz CT molecular complexity index is 334. The Morgan fingerprint density at radius 1 is 1.12 bits per heavy atom. The standard InChI is InChI=1S/C14H19NO/c1-16-11-13-8-6-12(7-9-13)10-15-14-4-2-3-5-14/h2-3,6-9,14-15H,4-5,10-11H2,1H3. The third-order valence-electron chi connectivity index (χ3n) is 2.94. The number of hydrogen-bond acceptors (Lipinski definition) is 2. The molecule has 2 nitrogen and oxygen atoms in total. The molecule has 86 valence electrons. The molecule has 16 heavy (non-hydrogen) atoms. The number of methoxy groups -OCH3 is 1. The first-order chi connectivity index (χ1) is 7.88. The van der Waals surface area contributed by atoms with Crippen LogP contribution in [-0.2, 0) is 17.9 Å². The molecule has 0 aliphatic heterocycles. The average Bonchev–Trinajstić information content (AvgIpc) is 2.82. The van der Waals surface area contributed by atoms with Gasteiger partial charge in [-0.2, -0.15) is 0 Å². The molecule has 0 saturated heterocycles. The smallest absolute Gasteiger partial charge is 0.0713 e. The van der Waals surface area contributed by atoms with Crippen molar-refractivity contribution in [2.24, 2.45) is 0 Å². The Morgan fingerprint density at radius 2 is 1.75 bits per heavy atom. The second-order valence-corrected chi connectivity index (χ2v) is 4.27. The Morgan fingerprint density at radius 3 is 2.38 bits per heavy atom. The van der Waals surface area contributed by atoms with Crippen molar-refractivity contribution < 1.29 is 4.74 Å². The summed E-state index contributed by atoms with van der Waals surface area (Å²) < 4.78 is 5.09. The van der Waals surface area contributed by atoms with Gasteiger partial charge in [-0.25, -0.2) is 0 Å². The molecule has 1 aliphatic carbocycles. The highest BCUT2D eigenvalue weighted by molar-refractivity contribution is 5.22. The molecule has 0 radical (unpaired) electrons. The number of rotatable bonds is 5. The predicted molar refractivity (Wildman–Crippen MR) is 66.2 cm³/mol. The van der Waals surface area contributed by atoms with Gasteiger partial charge >= 0.3 is 0 Å². The fourth-order valence-corrected chi connectivity index (χ4v) is 1.97. The molecule has 0 spiro atoms. The molecule has 0 heterocycles. The molecular formula is C14H19NO. The summed E-state index contributed by atoms with van der Waals surface area (Å²) in [5, 5.41) is 3.56. The fraction of sp³-hybridized carbons (Fsp3) is 0.429. The van der Waals surface area contributed by atoms with Gasteiger partial charge < -0.3 is 10.1 Å². The van der Waals surface area contributed by atoms with Crippen LogP contribution in [0.25, 0.3) is 0 Å². The van der Waals surface area contributed by atoms with Gasteiger partial charge in [-0.05, 0) is 24.0 Å². The minimum atomic E-state index is 0.638. The van der Waals surface area contributed by atoms with Gasteiger partial charge in [0.15, 0.2) is 0 Å². The number of hydrogen-bond donors (Lipinski definition) is 1. The topological polar surface area (TPSA) is 21.3 Å². The van der Waals surface area contributed by atoms with Crippen LogP contribution in [0.4, 0.5) is 0 Å². The summed E-state index contributed by atoms with van der Waals surface area (Å²) in [6.45, 7) is 1.65. The summed E-state index contributed by atoms with van der Waals surface area (Å²) >= 11 is 0. The monoisotopic (exact) mass is 217 g/mol. The van der Waals surface area contributed by atoms with Crippen LogP contribution in [0.5, 0.6) is 0 Å². The first kappa shape index (κ1) is 11.4. The van der Waals surface area contributed by atoms with Crippen molar-refractivity contribution in [2.75, 3.05) is 7.11 Å². The zero-order valence-corrected chi connectivity index (χ0v) is 9.78. The second-order valence-electron chi connectivity index (χ2n) is 4.27. The van der Waals surface area contributed by atoms with Crippen LogP contribution in [0.3, 0.4) is 0 Å². The molecule has 0 fully saturated rings. The lowest BCUT2D eigenvalue weighted by molar-refractivity contribution is 0.185. The first-order valence-corrected chi connectivity index (χ1v) is 5.83. The van der Waals surface area contributed by atoms with Crippen LogP contribution in [0, 0.1) is 0 Å². The molecule has 2 rings (SSSR count). The molecule has 0 atom stereocenters. The molecule has 0 amide bonds. The lowest BCUT2D eigenvalue weighted by Gasteiger charge is -2.12. The Labute approximate surface area is 97.3 Å². The normalized spacial score (nSPS) is 15.8. The molecule has 1 aliphatic rings. The number of nitrogens with one attached hydrogen (secondary N) is 1. The second kappa shape index (κ2) is 5.83. The number of ether oxygens (including phenoxy) is 1. The molecule has 2 heteroatoms. The van der Waals surface area contributed by atoms with Gasteiger partial charge in [0.25, 0.3) is 0 Å². The van der Waals surface area contributed by atoms with Crippen molar-refractivity contribution in [3.05, 3.63) is 47.5 Å². The molecule has 1 N–H and O–H groups in total. The largest absolute Gasteiger partial charge is 0.380 e. The third kappa shape index (κ3) is 3.19. The summed E-state index contributed by atoms with van der Waals surface area (Å²) in [5.74, 6) is 0. The fourth-order valence-electron chi connectivity index (χ4n) is 1.97. The van der Waals surface area contributed by atoms with E-state index in [4.69, 9.17) is 4.74 Å². The summed E-state index contributed by atoms with van der Waals surface area (Å²) in [7, 11) is 1.72. The van der Waals surface area contributed by atoms with Crippen LogP contribution in [0.2, 0.25) is 0 Å². The Hall–Kier alpha value is -1.12. The van der Waals surface area contributed by atoms with Crippen molar-refractivity contribution in [1.82, 2.24) is 5.32 Å². The van der Waals surface area contributed by atoms with E-state index in [1.54, 1.807) is 7.11 Å². The highest BCUT2D eigenvalue weighted by Gasteiger charge is 2.08. The van der Waals surface area contributed by atoms with E-state index >= 15 is 0 Å². The van der Waals surface area contributed by atoms with Crippen LogP contribution in [-0.4, -0.2) is 13.2 Å². The molecule has 0 unspecified atom stereocenters. The van der Waals surface area contributed by atoms with Crippen LogP contribution in [0.1, 0.15) is 24.0 Å². The summed E-state index contributed by atoms with van der Waals surface area (Å²) in [6.07, 6.45) is 6.84. The zero-order chi connectivity index (χ0) is 11.2. The van der Waals surface area contributed by atoms with Crippen molar-refractivity contribution in [3.8, 4) is 0 Å². The van der Waals surface area contributed by atoms with E-state index in [0.29, 0.717) is 12.6 Å². The van der Waals surface area contributed by atoms with E-state index in [9.17, 15) is 0 Å². The highest BCUT2D eigenvalue weighted by atomic mass is 16.5. The minimum Gasteiger partial charge on any atom is -0.380 e. The van der Waals surface area contributed by atoms with Crippen molar-refractivity contribution in [2.45, 2.75) is 32.0 Å². The van der Waals surface area contributed by atoms with E-state index in [0.717, 1.165) is 6.54 Å². The minimum absolute atomic E-state index is 0.638. The van der Waals surface area contributed by atoms with Crippen molar-refractivity contribution in [3.63, 3.8) is 0 Å². The lowest BCUT2D eigenvalue weighted by atomic mass is 10.1. The van der Waals surface area contributed by atoms with Gasteiger partial charge in [0, 0.05) is 19.7 Å². The van der Waals surface area contributed by atoms with E-state index in [2.05, 4.69) is 41.7 Å². The maximum atomic E-state index is 5.09. The van der Waals surface area contributed by atoms with Gasteiger partial charge in [-0.1, -0.05) is 36.4 Å². The van der Waals surface area contributed by atoms with E-state index < -0.39 is 0 Å². The Kier molecular flexibility index (Phi) is 4.14. The van der Waals surface area contributed by atoms with Crippen LogP contribution < -0.4 is 5.32 Å². The van der Waals surface area contributed by atoms with Gasteiger partial charge in [0.2, 0.25) is 0 Å². The van der Waals surface area contributed by atoms with E-state index in [1.165, 1.54) is 24.0 Å². The molecule has 0 aromatic heterocycles. The summed E-state index contributed by atoms with van der Waals surface area (Å²) in [6, 6.07) is 9.24. The van der Waals surface area contributed by atoms with Crippen molar-refractivity contribution in [1.29, 1.82) is 0 Å². The van der Waals surface area contributed by atoms with Gasteiger partial charge in [0.1, 0.15) is 0 Å². The quantitative estimate of drug-likeness (QED) is 0.766. The van der Waals surface area contributed by atoms with E-state index in [1.807, 2.05) is 0 Å². The lowest BCUT2D eigenvalue weighted by Crippen LogP contribution is -2.25. The predicted octanol–water partition coefficient (Wildman–Crippen LogP) is 2.64. The highest BCUT2D eigenvalue weighted by Crippen LogP contribution is 2.11. The average molecular weight is 217 g/mol. The molecule has 1 aromatic carbocycles. The van der Waals surface area contributed by atoms with Gasteiger partial charge in [-0.15, -0.1) is 0 Å². The molecule has 1 aromatic rings. The zero-order valence-electron chi connectivity index (χ0n) is 9.78. The molecular weight excluding hydrogens is 198 g/mol. The van der Waals surface area contributed by atoms with E-state index in [-0.39, 0.29) is 0 Å². The number of benzene rings is 1. The first-order valence-electron chi connectivity index (χ1n) is 5.83. The van der Waals surface area contributed by atoms with Gasteiger partial charge in [0.05, 0.1) is 6.61 Å². The summed E-state index contributed by atoms with van der Waals surface area (Å²) in [5.41, 5.74) is 2.57. The van der Waals surface area contributed by atoms with Crippen LogP contribution >= 0.6 is 0 Å². The molecule has 0 saturated carbocycles. The Balaban J connectivity index is 1.80. The maximum absolute atomic E-state index is 5.09. The third-order valence-corrected chi connectivity index (χ3v) is 2.94. The van der Waals surface area contributed by atoms with Crippen molar-refractivity contribution >= 4 is 0 Å². The maximum Gasteiger partial charge on any atom is 0.0713 e. The van der Waals surface area contributed by atoms with Crippen LogP contribution in [0.15, 0.2) is 36.4 Å².